The normalized spacial score (nSPS) is 13.4. The van der Waals surface area contributed by atoms with Crippen LogP contribution < -0.4 is 10.6 Å². The number of hydrogen-bond donors (Lipinski definition) is 3. The lowest BCUT2D eigenvalue weighted by Gasteiger charge is -2.25. The predicted octanol–water partition coefficient (Wildman–Crippen LogP) is 4.09. The van der Waals surface area contributed by atoms with Gasteiger partial charge in [0.1, 0.15) is 12.6 Å². The van der Waals surface area contributed by atoms with Crippen LogP contribution in [0, 0.1) is 5.41 Å². The minimum atomic E-state index is -1.11. The fourth-order valence-electron chi connectivity index (χ4n) is 4.09. The zero-order valence-corrected chi connectivity index (χ0v) is 19.0. The molecule has 2 aromatic rings. The number of carboxylic acid groups (broad SMARTS) is 1. The van der Waals surface area contributed by atoms with Crippen molar-refractivity contribution in [1.29, 1.82) is 0 Å². The van der Waals surface area contributed by atoms with Gasteiger partial charge in [-0.1, -0.05) is 68.5 Å². The molecule has 0 aliphatic heterocycles. The lowest BCUT2D eigenvalue weighted by atomic mass is 9.88. The molecule has 0 bridgehead atoms. The number of carbonyl (C=O) groups excluding carboxylic acids is 2. The number of aliphatic carboxylic acids is 1. The van der Waals surface area contributed by atoms with Crippen molar-refractivity contribution in [3.63, 3.8) is 0 Å². The van der Waals surface area contributed by atoms with Gasteiger partial charge in [0.05, 0.1) is 0 Å². The Hall–Kier alpha value is -3.61. The molecule has 1 aliphatic rings. The second-order valence-electron chi connectivity index (χ2n) is 9.00. The zero-order valence-electron chi connectivity index (χ0n) is 19.0. The van der Waals surface area contributed by atoms with E-state index in [1.165, 1.54) is 6.08 Å². The maximum atomic E-state index is 12.4. The van der Waals surface area contributed by atoms with Gasteiger partial charge in [0.15, 0.2) is 0 Å². The maximum absolute atomic E-state index is 12.4. The Bertz CT molecular complexity index is 1000. The van der Waals surface area contributed by atoms with Crippen LogP contribution in [0.3, 0.4) is 0 Å². The van der Waals surface area contributed by atoms with Crippen molar-refractivity contribution in [3.8, 4) is 11.1 Å². The lowest BCUT2D eigenvalue weighted by Crippen LogP contribution is -2.44. The summed E-state index contributed by atoms with van der Waals surface area (Å²) in [7, 11) is 0. The van der Waals surface area contributed by atoms with Crippen LogP contribution in [0.4, 0.5) is 4.79 Å². The van der Waals surface area contributed by atoms with E-state index in [1.54, 1.807) is 0 Å². The molecule has 7 nitrogen and oxygen atoms in total. The van der Waals surface area contributed by atoms with Gasteiger partial charge in [-0.25, -0.2) is 9.59 Å². The highest BCUT2D eigenvalue weighted by Crippen LogP contribution is 2.44. The standard InChI is InChI=1S/C26H30N2O5/c1-4-9-22(24(30)31)28-23(29)14-26(2,3)16-27-25(32)33-15-21-19-12-7-5-10-17(19)18-11-6-8-13-20(18)21/h4-8,10-13,21-22H,1,9,14-16H2,2-3H3,(H,27,32)(H,28,29)(H,30,31). The van der Waals surface area contributed by atoms with Crippen molar-refractivity contribution < 1.29 is 24.2 Å². The predicted molar refractivity (Wildman–Crippen MR) is 126 cm³/mol. The Labute approximate surface area is 193 Å². The maximum Gasteiger partial charge on any atom is 0.407 e. The first-order valence-corrected chi connectivity index (χ1v) is 10.9. The zero-order chi connectivity index (χ0) is 24.0. The van der Waals surface area contributed by atoms with E-state index in [4.69, 9.17) is 9.84 Å². The molecule has 0 aromatic heterocycles. The van der Waals surface area contributed by atoms with E-state index >= 15 is 0 Å². The summed E-state index contributed by atoms with van der Waals surface area (Å²) in [6.45, 7) is 7.56. The summed E-state index contributed by atoms with van der Waals surface area (Å²) in [4.78, 5) is 35.9. The summed E-state index contributed by atoms with van der Waals surface area (Å²) in [5, 5.41) is 14.4. The molecule has 0 saturated heterocycles. The number of ether oxygens (including phenoxy) is 1. The highest BCUT2D eigenvalue weighted by Gasteiger charge is 2.30. The first-order valence-electron chi connectivity index (χ1n) is 10.9. The van der Waals surface area contributed by atoms with Crippen molar-refractivity contribution in [1.82, 2.24) is 10.6 Å². The molecule has 0 saturated carbocycles. The first kappa shape index (κ1) is 24.0. The number of carbonyl (C=O) groups is 3. The molecule has 3 N–H and O–H groups in total. The van der Waals surface area contributed by atoms with Crippen LogP contribution in [0.2, 0.25) is 0 Å². The molecule has 0 spiro atoms. The number of benzene rings is 2. The van der Waals surface area contributed by atoms with Gasteiger partial charge in [-0.15, -0.1) is 6.58 Å². The first-order chi connectivity index (χ1) is 15.7. The van der Waals surface area contributed by atoms with Crippen LogP contribution in [-0.2, 0) is 14.3 Å². The SMILES string of the molecule is C=CCC(NC(=O)CC(C)(C)CNC(=O)OCC1c2ccccc2-c2ccccc21)C(=O)O. The van der Waals surface area contributed by atoms with Crippen LogP contribution >= 0.6 is 0 Å². The Morgan fingerprint density at radius 3 is 2.21 bits per heavy atom. The smallest absolute Gasteiger partial charge is 0.407 e. The van der Waals surface area contributed by atoms with E-state index in [9.17, 15) is 14.4 Å². The number of fused-ring (bicyclic) bond motifs is 3. The molecule has 3 rings (SSSR count). The highest BCUT2D eigenvalue weighted by molar-refractivity contribution is 5.84. The third-order valence-corrected chi connectivity index (χ3v) is 5.73. The molecular weight excluding hydrogens is 420 g/mol. The van der Waals surface area contributed by atoms with E-state index in [0.717, 1.165) is 22.3 Å². The van der Waals surface area contributed by atoms with Crippen molar-refractivity contribution in [2.24, 2.45) is 5.41 Å². The summed E-state index contributed by atoms with van der Waals surface area (Å²) in [5.74, 6) is -1.54. The molecular formula is C26H30N2O5. The second kappa shape index (κ2) is 10.3. The fourth-order valence-corrected chi connectivity index (χ4v) is 4.09. The number of amides is 2. The van der Waals surface area contributed by atoms with E-state index in [1.807, 2.05) is 38.1 Å². The molecule has 1 aliphatic carbocycles. The molecule has 0 fully saturated rings. The molecule has 33 heavy (non-hydrogen) atoms. The average molecular weight is 451 g/mol. The highest BCUT2D eigenvalue weighted by atomic mass is 16.5. The quantitative estimate of drug-likeness (QED) is 0.473. The van der Waals surface area contributed by atoms with Gasteiger partial charge in [0, 0.05) is 18.9 Å². The minimum absolute atomic E-state index is 0.0280. The Morgan fingerprint density at radius 1 is 1.09 bits per heavy atom. The molecule has 174 valence electrons. The van der Waals surface area contributed by atoms with E-state index in [0.29, 0.717) is 0 Å². The number of carboxylic acids is 1. The van der Waals surface area contributed by atoms with Crippen molar-refractivity contribution >= 4 is 18.0 Å². The average Bonchev–Trinajstić information content (AvgIpc) is 3.09. The fraction of sp³-hybridized carbons (Fsp3) is 0.346. The number of nitrogens with one attached hydrogen (secondary N) is 2. The van der Waals surface area contributed by atoms with E-state index in [2.05, 4.69) is 41.5 Å². The van der Waals surface area contributed by atoms with Gasteiger partial charge in [-0.2, -0.15) is 0 Å². The lowest BCUT2D eigenvalue weighted by molar-refractivity contribution is -0.142. The Balaban J connectivity index is 1.52. The summed E-state index contributed by atoms with van der Waals surface area (Å²) in [5.41, 5.74) is 4.00. The summed E-state index contributed by atoms with van der Waals surface area (Å²) >= 11 is 0. The molecule has 2 aromatic carbocycles. The van der Waals surface area contributed by atoms with Crippen molar-refractivity contribution in [2.75, 3.05) is 13.2 Å². The molecule has 0 radical (unpaired) electrons. The summed E-state index contributed by atoms with van der Waals surface area (Å²) in [6.07, 6.45) is 1.08. The van der Waals surface area contributed by atoms with Crippen LogP contribution in [0.1, 0.15) is 43.7 Å². The largest absolute Gasteiger partial charge is 0.480 e. The molecule has 2 amide bonds. The third-order valence-electron chi connectivity index (χ3n) is 5.73. The molecule has 0 heterocycles. The number of alkyl carbamates (subject to hydrolysis) is 1. The molecule has 1 atom stereocenters. The van der Waals surface area contributed by atoms with Gasteiger partial charge in [-0.05, 0) is 34.1 Å². The van der Waals surface area contributed by atoms with Gasteiger partial charge < -0.3 is 20.5 Å². The van der Waals surface area contributed by atoms with Gasteiger partial charge in [0.2, 0.25) is 5.91 Å². The van der Waals surface area contributed by atoms with E-state index < -0.39 is 29.4 Å². The Morgan fingerprint density at radius 2 is 1.67 bits per heavy atom. The minimum Gasteiger partial charge on any atom is -0.480 e. The summed E-state index contributed by atoms with van der Waals surface area (Å²) < 4.78 is 5.53. The van der Waals surface area contributed by atoms with Crippen LogP contribution in [0.15, 0.2) is 61.2 Å². The van der Waals surface area contributed by atoms with Crippen molar-refractivity contribution in [2.45, 2.75) is 38.6 Å². The molecule has 7 heteroatoms. The number of rotatable bonds is 10. The monoisotopic (exact) mass is 450 g/mol. The topological polar surface area (TPSA) is 105 Å². The van der Waals surface area contributed by atoms with Crippen LogP contribution in [-0.4, -0.2) is 42.3 Å². The second-order valence-corrected chi connectivity index (χ2v) is 9.00. The van der Waals surface area contributed by atoms with Crippen molar-refractivity contribution in [3.05, 3.63) is 72.3 Å². The Kier molecular flexibility index (Phi) is 7.53. The van der Waals surface area contributed by atoms with E-state index in [-0.39, 0.29) is 31.9 Å². The summed E-state index contributed by atoms with van der Waals surface area (Å²) in [6, 6.07) is 15.2. The number of hydrogen-bond acceptors (Lipinski definition) is 4. The van der Waals surface area contributed by atoms with Gasteiger partial charge in [0.25, 0.3) is 0 Å². The van der Waals surface area contributed by atoms with Crippen LogP contribution in [0.25, 0.3) is 11.1 Å². The van der Waals surface area contributed by atoms with Crippen LogP contribution in [0.5, 0.6) is 0 Å². The molecule has 1 unspecified atom stereocenters. The van der Waals surface area contributed by atoms with Gasteiger partial charge in [-0.3, -0.25) is 4.79 Å². The third kappa shape index (κ3) is 6.00. The van der Waals surface area contributed by atoms with Gasteiger partial charge >= 0.3 is 12.1 Å².